The first-order valence-electron chi connectivity index (χ1n) is 13.5. The van der Waals surface area contributed by atoms with E-state index in [4.69, 9.17) is 10.8 Å². The van der Waals surface area contributed by atoms with Gasteiger partial charge in [-0.1, -0.05) is 5.16 Å². The number of carbonyl (C=O) groups is 5. The van der Waals surface area contributed by atoms with Crippen molar-refractivity contribution in [3.63, 3.8) is 0 Å². The van der Waals surface area contributed by atoms with Crippen LogP contribution >= 0.6 is 23.3 Å². The standard InChI is InChI=1S/C25H27N9O10S2/c1-34(4-2-32(3-5-34)21(40)12-6-13(35)14(36)7-27-12)8-11-10-45-23-17(22(41)33(23)18(11)24(42)43)28-20(39)16(30-44-9-15(37)38)19-29-25(26)46-31-19/h6-7,17,23H,2-5,8-10H2,1H3,(H6-,26,27,28,29,30,31,35,36,37,38,39,40,42,43)/t17?,23-/m0/s1. The number of aromatic hydroxyl groups is 1. The molecule has 0 aliphatic carbocycles. The maximum absolute atomic E-state index is 13.2. The van der Waals surface area contributed by atoms with Gasteiger partial charge in [0.05, 0.1) is 44.9 Å². The fourth-order valence-corrected chi connectivity index (χ4v) is 6.97. The maximum atomic E-state index is 13.2. The molecule has 0 aromatic carbocycles. The van der Waals surface area contributed by atoms with E-state index in [2.05, 4.69) is 29.7 Å². The summed E-state index contributed by atoms with van der Waals surface area (Å²) in [4.78, 5) is 87.8. The Hall–Kier alpha value is -5.02. The lowest BCUT2D eigenvalue weighted by Crippen LogP contribution is -2.72. The molecular weight excluding hydrogens is 650 g/mol. The molecule has 2 aromatic rings. The Kier molecular flexibility index (Phi) is 8.99. The molecule has 3 aliphatic heterocycles. The lowest BCUT2D eigenvalue weighted by atomic mass is 10.0. The number of thioether (sulfide) groups is 1. The summed E-state index contributed by atoms with van der Waals surface area (Å²) in [6, 6.07) is -0.126. The zero-order chi connectivity index (χ0) is 33.3. The molecule has 2 atom stereocenters. The summed E-state index contributed by atoms with van der Waals surface area (Å²) >= 11 is 1.99. The molecule has 19 nitrogen and oxygen atoms in total. The van der Waals surface area contributed by atoms with Gasteiger partial charge in [-0.3, -0.25) is 24.1 Å². The lowest BCUT2D eigenvalue weighted by Gasteiger charge is -2.51. The van der Waals surface area contributed by atoms with Gasteiger partial charge >= 0.3 is 5.97 Å². The highest BCUT2D eigenvalue weighted by Crippen LogP contribution is 2.40. The molecule has 2 aromatic heterocycles. The second-order valence-corrected chi connectivity index (χ2v) is 12.7. The number of hydrogen-bond acceptors (Lipinski definition) is 15. The van der Waals surface area contributed by atoms with Crippen molar-refractivity contribution in [3.05, 3.63) is 45.3 Å². The van der Waals surface area contributed by atoms with Gasteiger partial charge in [-0.15, -0.1) is 11.8 Å². The van der Waals surface area contributed by atoms with Crippen LogP contribution in [0.5, 0.6) is 5.75 Å². The van der Waals surface area contributed by atoms with Crippen LogP contribution in [0, 0.1) is 0 Å². The van der Waals surface area contributed by atoms with Crippen molar-refractivity contribution in [1.29, 1.82) is 0 Å². The minimum absolute atomic E-state index is 0.00297. The van der Waals surface area contributed by atoms with E-state index in [-0.39, 0.29) is 34.6 Å². The number of carboxylic acid groups (broad SMARTS) is 2. The van der Waals surface area contributed by atoms with Gasteiger partial charge in [0.2, 0.25) is 23.6 Å². The Morgan fingerprint density at radius 1 is 1.28 bits per heavy atom. The third-order valence-corrected chi connectivity index (χ3v) is 9.42. The van der Waals surface area contributed by atoms with Crippen LogP contribution in [-0.2, 0) is 24.0 Å². The summed E-state index contributed by atoms with van der Waals surface area (Å²) < 4.78 is 4.23. The molecule has 0 saturated carbocycles. The number of rotatable bonds is 10. The van der Waals surface area contributed by atoms with Crippen molar-refractivity contribution in [2.75, 3.05) is 57.9 Å². The third kappa shape index (κ3) is 6.50. The summed E-state index contributed by atoms with van der Waals surface area (Å²) in [5.41, 5.74) is 4.58. The number of nitrogens with one attached hydrogen (secondary N) is 2. The molecule has 2 fully saturated rings. The Balaban J connectivity index is 1.26. The van der Waals surface area contributed by atoms with Crippen LogP contribution in [-0.4, -0.2) is 138 Å². The number of aliphatic carboxylic acids is 2. The number of nitrogens with two attached hydrogens (primary N) is 1. The second kappa shape index (κ2) is 12.8. The molecule has 0 bridgehead atoms. The van der Waals surface area contributed by atoms with Crippen molar-refractivity contribution < 1.29 is 48.6 Å². The minimum atomic E-state index is -1.55. The number of aromatic nitrogens is 3. The van der Waals surface area contributed by atoms with Gasteiger partial charge in [0.25, 0.3) is 17.7 Å². The van der Waals surface area contributed by atoms with E-state index in [0.717, 1.165) is 28.7 Å². The van der Waals surface area contributed by atoms with E-state index in [0.29, 0.717) is 36.2 Å². The molecule has 0 spiro atoms. The first-order valence-corrected chi connectivity index (χ1v) is 15.3. The lowest BCUT2D eigenvalue weighted by molar-refractivity contribution is -0.908. The highest BCUT2D eigenvalue weighted by Gasteiger charge is 2.54. The summed E-state index contributed by atoms with van der Waals surface area (Å²) in [6.07, 6.45) is 1.05. The number of H-pyrrole nitrogens is 1. The number of nitrogen functional groups attached to an aromatic ring is 1. The van der Waals surface area contributed by atoms with Gasteiger partial charge in [0.15, 0.2) is 10.9 Å². The average molecular weight is 678 g/mol. The first kappa shape index (κ1) is 32.4. The van der Waals surface area contributed by atoms with Gasteiger partial charge in [0.1, 0.15) is 23.7 Å². The Morgan fingerprint density at radius 2 is 2.00 bits per heavy atom. The molecule has 46 heavy (non-hydrogen) atoms. The molecule has 0 radical (unpaired) electrons. The minimum Gasteiger partial charge on any atom is -0.543 e. The van der Waals surface area contributed by atoms with Crippen molar-refractivity contribution in [2.45, 2.75) is 11.4 Å². The summed E-state index contributed by atoms with van der Waals surface area (Å²) in [5.74, 6) is -5.54. The third-order valence-electron chi connectivity index (χ3n) is 7.54. The smallest absolute Gasteiger partial charge is 0.344 e. The number of amides is 3. The molecule has 5 heterocycles. The number of oxime groups is 1. The summed E-state index contributed by atoms with van der Waals surface area (Å²) in [6.45, 7) is 0.880. The van der Waals surface area contributed by atoms with Crippen LogP contribution < -0.4 is 21.6 Å². The molecule has 3 aliphatic rings. The van der Waals surface area contributed by atoms with Crippen LogP contribution in [0.4, 0.5) is 5.13 Å². The number of carbonyl (C=O) groups excluding carboxylic acids is 4. The van der Waals surface area contributed by atoms with E-state index in [1.165, 1.54) is 11.8 Å². The maximum Gasteiger partial charge on any atom is 0.344 e. The molecule has 244 valence electrons. The van der Waals surface area contributed by atoms with E-state index < -0.39 is 64.6 Å². The average Bonchev–Trinajstić information content (AvgIpc) is 3.44. The predicted molar refractivity (Wildman–Crippen MR) is 157 cm³/mol. The Labute approximate surface area is 267 Å². The predicted octanol–water partition coefficient (Wildman–Crippen LogP) is -3.67. The number of anilines is 1. The fourth-order valence-electron chi connectivity index (χ4n) is 5.20. The van der Waals surface area contributed by atoms with Gasteiger partial charge in [-0.05, 0) is 0 Å². The van der Waals surface area contributed by atoms with E-state index in [9.17, 15) is 39.0 Å². The molecule has 1 unspecified atom stereocenters. The van der Waals surface area contributed by atoms with Crippen molar-refractivity contribution in [3.8, 4) is 5.75 Å². The number of hydrogen-bond donors (Lipinski definition) is 5. The van der Waals surface area contributed by atoms with Gasteiger partial charge in [-0.2, -0.15) is 9.36 Å². The zero-order valence-electron chi connectivity index (χ0n) is 24.0. The number of fused-ring (bicyclic) bond motifs is 1. The number of carboxylic acids is 2. The summed E-state index contributed by atoms with van der Waals surface area (Å²) in [5, 5.41) is 35.8. The molecule has 21 heteroatoms. The van der Waals surface area contributed by atoms with E-state index >= 15 is 0 Å². The van der Waals surface area contributed by atoms with Crippen LogP contribution in [0.25, 0.3) is 0 Å². The second-order valence-electron chi connectivity index (χ2n) is 10.8. The first-order chi connectivity index (χ1) is 21.8. The van der Waals surface area contributed by atoms with Gasteiger partial charge in [0, 0.05) is 35.1 Å². The number of aromatic amines is 1. The highest BCUT2D eigenvalue weighted by molar-refractivity contribution is 8.00. The number of pyridine rings is 1. The fraction of sp³-hybridized carbons (Fsp3) is 0.400. The van der Waals surface area contributed by atoms with Crippen LogP contribution in [0.2, 0.25) is 0 Å². The van der Waals surface area contributed by atoms with Crippen molar-refractivity contribution in [1.82, 2.24) is 29.5 Å². The summed E-state index contributed by atoms with van der Waals surface area (Å²) in [7, 11) is 1.90. The van der Waals surface area contributed by atoms with E-state index in [1.54, 1.807) is 4.90 Å². The highest BCUT2D eigenvalue weighted by atomic mass is 32.2. The molecule has 2 saturated heterocycles. The monoisotopic (exact) mass is 677 g/mol. The number of β-lactam (4-membered cyclic amide) rings is 1. The zero-order valence-corrected chi connectivity index (χ0v) is 25.6. The number of piperazine rings is 1. The number of likely N-dealkylation sites (N-methyl/N-ethyl adjacent to an activating group) is 1. The van der Waals surface area contributed by atoms with Crippen LogP contribution in [0.3, 0.4) is 0 Å². The van der Waals surface area contributed by atoms with Gasteiger partial charge in [-0.25, -0.2) is 4.79 Å². The molecule has 5 rings (SSSR count). The normalized spacial score (nSPS) is 20.9. The molecule has 3 amide bonds. The van der Waals surface area contributed by atoms with Crippen molar-refractivity contribution >= 4 is 63.8 Å². The number of nitrogens with zero attached hydrogens (tertiary/aromatic N) is 6. The quantitative estimate of drug-likeness (QED) is 0.0702. The van der Waals surface area contributed by atoms with E-state index in [1.807, 2.05) is 7.05 Å². The van der Waals surface area contributed by atoms with Crippen LogP contribution in [0.1, 0.15) is 16.3 Å². The van der Waals surface area contributed by atoms with Crippen LogP contribution in [0.15, 0.2) is 33.5 Å². The Bertz CT molecular complexity index is 1730. The topological polar surface area (TPSA) is 274 Å². The largest absolute Gasteiger partial charge is 0.543 e. The molecular formula is C25H27N9O10S2. The van der Waals surface area contributed by atoms with Gasteiger partial charge < -0.3 is 50.4 Å². The number of quaternary nitrogens is 1. The molecule has 6 N–H and O–H groups in total. The Morgan fingerprint density at radius 3 is 2.61 bits per heavy atom. The van der Waals surface area contributed by atoms with Crippen molar-refractivity contribution in [2.24, 2.45) is 5.16 Å². The SMILES string of the molecule is C[N+]1(CC2=C(C(=O)[O-])N3C(=O)C(NC(=O)C(=NOCC(=O)O)c4nsc(N)n4)[C@@H]3SC2)CCN(C(=O)c2cc(=O)c(O)c[nH]2)CC1.